The lowest BCUT2D eigenvalue weighted by molar-refractivity contribution is -0.105. The Morgan fingerprint density at radius 1 is 1.36 bits per heavy atom. The van der Waals surface area contributed by atoms with Gasteiger partial charge in [-0.2, -0.15) is 0 Å². The Morgan fingerprint density at radius 2 is 1.93 bits per heavy atom. The third-order valence-electron chi connectivity index (χ3n) is 3.79. The fourth-order valence-corrected chi connectivity index (χ4v) is 2.41. The van der Waals surface area contributed by atoms with Crippen LogP contribution in [0.4, 0.5) is 0 Å². The minimum Gasteiger partial charge on any atom is -0.390 e. The number of hydrogen-bond donors (Lipinski definition) is 1. The summed E-state index contributed by atoms with van der Waals surface area (Å²) in [4.78, 5) is 0. The van der Waals surface area contributed by atoms with Gasteiger partial charge in [-0.3, -0.25) is 0 Å². The first kappa shape index (κ1) is 12.0. The zero-order chi connectivity index (χ0) is 10.6. The van der Waals surface area contributed by atoms with Crippen LogP contribution in [0.2, 0.25) is 0 Å². The van der Waals surface area contributed by atoms with Gasteiger partial charge in [0.2, 0.25) is 0 Å². The molecule has 0 amide bonds. The van der Waals surface area contributed by atoms with Crippen LogP contribution < -0.4 is 0 Å². The van der Waals surface area contributed by atoms with Gasteiger partial charge in [-0.1, -0.05) is 33.1 Å². The predicted molar refractivity (Wildman–Crippen MR) is 58.3 cm³/mol. The normalized spacial score (nSPS) is 24.9. The van der Waals surface area contributed by atoms with Gasteiger partial charge in [0.05, 0.1) is 11.7 Å². The van der Waals surface area contributed by atoms with Crippen molar-refractivity contribution in [3.8, 4) is 0 Å². The van der Waals surface area contributed by atoms with Crippen molar-refractivity contribution >= 4 is 0 Å². The van der Waals surface area contributed by atoms with E-state index in [4.69, 9.17) is 4.74 Å². The van der Waals surface area contributed by atoms with Crippen LogP contribution in [0.25, 0.3) is 0 Å². The predicted octanol–water partition coefficient (Wildman–Crippen LogP) is 2.74. The van der Waals surface area contributed by atoms with Crippen molar-refractivity contribution < 1.29 is 9.84 Å². The van der Waals surface area contributed by atoms with E-state index in [9.17, 15) is 5.11 Å². The maximum atomic E-state index is 10.2. The van der Waals surface area contributed by atoms with Gasteiger partial charge in [-0.25, -0.2) is 0 Å². The van der Waals surface area contributed by atoms with Gasteiger partial charge < -0.3 is 9.84 Å². The van der Waals surface area contributed by atoms with Crippen LogP contribution in [0.1, 0.15) is 52.4 Å². The summed E-state index contributed by atoms with van der Waals surface area (Å²) >= 11 is 0. The summed E-state index contributed by atoms with van der Waals surface area (Å²) in [7, 11) is 1.74. The molecule has 0 radical (unpaired) electrons. The molecule has 1 rings (SSSR count). The van der Waals surface area contributed by atoms with Crippen molar-refractivity contribution in [1.82, 2.24) is 0 Å². The third kappa shape index (κ3) is 2.48. The van der Waals surface area contributed by atoms with Gasteiger partial charge >= 0.3 is 0 Å². The van der Waals surface area contributed by atoms with Gasteiger partial charge in [0, 0.05) is 7.11 Å². The molecule has 2 atom stereocenters. The first-order valence-corrected chi connectivity index (χ1v) is 5.88. The number of rotatable bonds is 5. The SMILES string of the molecule is CCC(C)CC(O)C1(OC)CCCC1. The molecule has 0 heterocycles. The zero-order valence-electron chi connectivity index (χ0n) is 9.75. The van der Waals surface area contributed by atoms with Crippen molar-refractivity contribution in [1.29, 1.82) is 0 Å². The zero-order valence-corrected chi connectivity index (χ0v) is 9.75. The monoisotopic (exact) mass is 200 g/mol. The van der Waals surface area contributed by atoms with Crippen molar-refractivity contribution in [3.05, 3.63) is 0 Å². The summed E-state index contributed by atoms with van der Waals surface area (Å²) in [6.07, 6.45) is 6.20. The standard InChI is InChI=1S/C12H24O2/c1-4-10(2)9-11(13)12(14-3)7-5-6-8-12/h10-11,13H,4-9H2,1-3H3. The van der Waals surface area contributed by atoms with Crippen LogP contribution in [0.5, 0.6) is 0 Å². The molecule has 1 saturated carbocycles. The first-order chi connectivity index (χ1) is 6.64. The summed E-state index contributed by atoms with van der Waals surface area (Å²) in [6.45, 7) is 4.37. The van der Waals surface area contributed by atoms with Crippen molar-refractivity contribution in [2.75, 3.05) is 7.11 Å². The van der Waals surface area contributed by atoms with Crippen molar-refractivity contribution in [3.63, 3.8) is 0 Å². The second kappa shape index (κ2) is 5.13. The Balaban J connectivity index is 2.51. The van der Waals surface area contributed by atoms with Crippen LogP contribution in [-0.2, 0) is 4.74 Å². The number of hydrogen-bond acceptors (Lipinski definition) is 2. The minimum atomic E-state index is -0.273. The Bertz CT molecular complexity index is 162. The summed E-state index contributed by atoms with van der Waals surface area (Å²) in [5.41, 5.74) is -0.219. The number of aliphatic hydroxyl groups excluding tert-OH is 1. The fourth-order valence-electron chi connectivity index (χ4n) is 2.41. The van der Waals surface area contributed by atoms with E-state index in [2.05, 4.69) is 13.8 Å². The molecule has 1 fully saturated rings. The number of methoxy groups -OCH3 is 1. The molecule has 2 heteroatoms. The highest BCUT2D eigenvalue weighted by Gasteiger charge is 2.40. The van der Waals surface area contributed by atoms with Gasteiger partial charge in [0.15, 0.2) is 0 Å². The highest BCUT2D eigenvalue weighted by atomic mass is 16.5. The molecule has 0 aromatic heterocycles. The number of ether oxygens (including phenoxy) is 1. The fraction of sp³-hybridized carbons (Fsp3) is 1.00. The molecule has 0 aromatic carbocycles. The third-order valence-corrected chi connectivity index (χ3v) is 3.79. The second-order valence-electron chi connectivity index (χ2n) is 4.74. The molecule has 2 nitrogen and oxygen atoms in total. The molecule has 1 aliphatic carbocycles. The molecule has 2 unspecified atom stereocenters. The molecular weight excluding hydrogens is 176 g/mol. The van der Waals surface area contributed by atoms with Crippen molar-refractivity contribution in [2.45, 2.75) is 64.1 Å². The smallest absolute Gasteiger partial charge is 0.0936 e. The van der Waals surface area contributed by atoms with E-state index in [-0.39, 0.29) is 11.7 Å². The Morgan fingerprint density at radius 3 is 2.36 bits per heavy atom. The number of aliphatic hydroxyl groups is 1. The lowest BCUT2D eigenvalue weighted by atomic mass is 9.87. The van der Waals surface area contributed by atoms with Crippen LogP contribution >= 0.6 is 0 Å². The molecule has 0 aromatic rings. The van der Waals surface area contributed by atoms with E-state index < -0.39 is 0 Å². The first-order valence-electron chi connectivity index (χ1n) is 5.88. The van der Waals surface area contributed by atoms with Crippen molar-refractivity contribution in [2.24, 2.45) is 5.92 Å². The molecule has 14 heavy (non-hydrogen) atoms. The second-order valence-corrected chi connectivity index (χ2v) is 4.74. The van der Waals surface area contributed by atoms with E-state index >= 15 is 0 Å². The summed E-state index contributed by atoms with van der Waals surface area (Å²) in [6, 6.07) is 0. The van der Waals surface area contributed by atoms with E-state index in [1.807, 2.05) is 0 Å². The van der Waals surface area contributed by atoms with Crippen LogP contribution in [0.15, 0.2) is 0 Å². The van der Waals surface area contributed by atoms with Crippen LogP contribution in [0, 0.1) is 5.92 Å². The molecule has 0 saturated heterocycles. The van der Waals surface area contributed by atoms with E-state index in [1.54, 1.807) is 7.11 Å². The molecule has 0 bridgehead atoms. The maximum absolute atomic E-state index is 10.2. The Kier molecular flexibility index (Phi) is 4.39. The Labute approximate surface area is 87.7 Å². The van der Waals surface area contributed by atoms with E-state index in [0.29, 0.717) is 5.92 Å². The average molecular weight is 200 g/mol. The quantitative estimate of drug-likeness (QED) is 0.739. The lowest BCUT2D eigenvalue weighted by Gasteiger charge is -2.34. The van der Waals surface area contributed by atoms with Gasteiger partial charge in [-0.15, -0.1) is 0 Å². The molecule has 1 aliphatic rings. The van der Waals surface area contributed by atoms with E-state index in [1.165, 1.54) is 12.8 Å². The van der Waals surface area contributed by atoms with Gasteiger partial charge in [-0.05, 0) is 25.2 Å². The molecule has 0 spiro atoms. The average Bonchev–Trinajstić information content (AvgIpc) is 2.67. The maximum Gasteiger partial charge on any atom is 0.0936 e. The van der Waals surface area contributed by atoms with E-state index in [0.717, 1.165) is 25.7 Å². The summed E-state index contributed by atoms with van der Waals surface area (Å²) in [5, 5.41) is 10.2. The van der Waals surface area contributed by atoms with Gasteiger partial charge in [0.25, 0.3) is 0 Å². The molecule has 84 valence electrons. The lowest BCUT2D eigenvalue weighted by Crippen LogP contribution is -2.42. The molecule has 0 aliphatic heterocycles. The van der Waals surface area contributed by atoms with Gasteiger partial charge in [0.1, 0.15) is 0 Å². The highest BCUT2D eigenvalue weighted by molar-refractivity contribution is 4.93. The summed E-state index contributed by atoms with van der Waals surface area (Å²) < 4.78 is 5.56. The summed E-state index contributed by atoms with van der Waals surface area (Å²) in [5.74, 6) is 0.595. The molecular formula is C12H24O2. The minimum absolute atomic E-state index is 0.219. The highest BCUT2D eigenvalue weighted by Crippen LogP contribution is 2.37. The largest absolute Gasteiger partial charge is 0.390 e. The Hall–Kier alpha value is -0.0800. The van der Waals surface area contributed by atoms with Crippen LogP contribution in [-0.4, -0.2) is 23.9 Å². The topological polar surface area (TPSA) is 29.5 Å². The molecule has 1 N–H and O–H groups in total. The van der Waals surface area contributed by atoms with Crippen LogP contribution in [0.3, 0.4) is 0 Å².